The maximum Gasteiger partial charge on any atom is 0.147 e. The average molecular weight is 232 g/mol. The fourth-order valence-corrected chi connectivity index (χ4v) is 4.96. The number of nitrogen functional groups attached to an aromatic ring is 2. The Balaban J connectivity index is 1.72. The molecular weight excluding hydrogens is 212 g/mol. The molecule has 0 aliphatic heterocycles. The van der Waals surface area contributed by atoms with Crippen LogP contribution in [0.1, 0.15) is 38.1 Å². The summed E-state index contributed by atoms with van der Waals surface area (Å²) in [4.78, 5) is 0. The predicted molar refractivity (Wildman–Crippen MR) is 67.1 cm³/mol. The molecule has 0 aromatic carbocycles. The van der Waals surface area contributed by atoms with Gasteiger partial charge in [-0.1, -0.05) is 0 Å². The van der Waals surface area contributed by atoms with E-state index in [-0.39, 0.29) is 0 Å². The number of nitrogens with two attached hydrogens (primary N) is 2. The Kier molecular flexibility index (Phi) is 1.83. The van der Waals surface area contributed by atoms with Gasteiger partial charge in [-0.15, -0.1) is 0 Å². The highest BCUT2D eigenvalue weighted by Gasteiger charge is 2.49. The van der Waals surface area contributed by atoms with Crippen molar-refractivity contribution in [2.24, 2.45) is 23.7 Å². The molecule has 4 aliphatic carbocycles. The van der Waals surface area contributed by atoms with E-state index in [4.69, 9.17) is 11.5 Å². The summed E-state index contributed by atoms with van der Waals surface area (Å²) in [6.45, 7) is 0. The van der Waals surface area contributed by atoms with E-state index >= 15 is 0 Å². The molecule has 4 heteroatoms. The summed E-state index contributed by atoms with van der Waals surface area (Å²) in [5, 5.41) is 4.43. The third-order valence-electron chi connectivity index (χ3n) is 5.24. The van der Waals surface area contributed by atoms with Crippen molar-refractivity contribution in [3.8, 4) is 0 Å². The smallest absolute Gasteiger partial charge is 0.147 e. The minimum atomic E-state index is 0.528. The van der Waals surface area contributed by atoms with Crippen LogP contribution in [0.3, 0.4) is 0 Å². The van der Waals surface area contributed by atoms with Crippen LogP contribution >= 0.6 is 0 Å². The molecule has 0 radical (unpaired) electrons. The molecule has 4 N–H and O–H groups in total. The van der Waals surface area contributed by atoms with Gasteiger partial charge >= 0.3 is 0 Å². The van der Waals surface area contributed by atoms with Crippen LogP contribution in [0.2, 0.25) is 0 Å². The summed E-state index contributed by atoms with van der Waals surface area (Å²) in [6, 6.07) is 2.32. The number of hydrogen-bond acceptors (Lipinski definition) is 3. The summed E-state index contributed by atoms with van der Waals surface area (Å²) >= 11 is 0. The van der Waals surface area contributed by atoms with Crippen molar-refractivity contribution in [3.05, 3.63) is 6.07 Å². The lowest BCUT2D eigenvalue weighted by atomic mass is 9.54. The van der Waals surface area contributed by atoms with E-state index in [1.807, 2.05) is 4.68 Å². The first-order chi connectivity index (χ1) is 8.20. The van der Waals surface area contributed by atoms with Gasteiger partial charge < -0.3 is 11.5 Å². The summed E-state index contributed by atoms with van der Waals surface area (Å²) in [5.41, 5.74) is 11.8. The Morgan fingerprint density at radius 1 is 1.00 bits per heavy atom. The van der Waals surface area contributed by atoms with E-state index in [2.05, 4.69) is 5.10 Å². The Morgan fingerprint density at radius 3 is 2.06 bits per heavy atom. The van der Waals surface area contributed by atoms with Crippen LogP contribution in [0.25, 0.3) is 0 Å². The van der Waals surface area contributed by atoms with Crippen LogP contribution in [-0.2, 0) is 0 Å². The predicted octanol–water partition coefficient (Wildman–Crippen LogP) is 2.04. The number of rotatable bonds is 1. The molecule has 1 aromatic rings. The van der Waals surface area contributed by atoms with Gasteiger partial charge in [0.1, 0.15) is 11.6 Å². The quantitative estimate of drug-likeness (QED) is 0.778. The highest BCUT2D eigenvalue weighted by atomic mass is 15.4. The molecule has 5 rings (SSSR count). The maximum absolute atomic E-state index is 6.04. The Labute approximate surface area is 101 Å². The normalized spacial score (nSPS) is 43.2. The fourth-order valence-electron chi connectivity index (χ4n) is 4.96. The van der Waals surface area contributed by atoms with Crippen molar-refractivity contribution in [2.45, 2.75) is 38.1 Å². The van der Waals surface area contributed by atoms with Crippen molar-refractivity contribution < 1.29 is 0 Å². The summed E-state index contributed by atoms with van der Waals surface area (Å²) in [6.07, 6.45) is 7.03. The minimum absolute atomic E-state index is 0.528. The van der Waals surface area contributed by atoms with E-state index in [9.17, 15) is 0 Å². The van der Waals surface area contributed by atoms with E-state index in [0.717, 1.165) is 29.5 Å². The second-order valence-corrected chi connectivity index (χ2v) is 6.36. The van der Waals surface area contributed by atoms with Crippen LogP contribution in [-0.4, -0.2) is 9.78 Å². The Hall–Kier alpha value is -1.19. The van der Waals surface area contributed by atoms with Crippen molar-refractivity contribution in [3.63, 3.8) is 0 Å². The number of nitrogens with zero attached hydrogens (tertiary/aromatic N) is 2. The SMILES string of the molecule is Nc1cc(N)n(C2C3CC4CC(C3)CC2C4)n1. The van der Waals surface area contributed by atoms with Crippen LogP contribution in [0.15, 0.2) is 6.07 Å². The first kappa shape index (κ1) is 9.80. The zero-order chi connectivity index (χ0) is 11.6. The van der Waals surface area contributed by atoms with Crippen LogP contribution in [0.4, 0.5) is 11.6 Å². The van der Waals surface area contributed by atoms with E-state index in [1.54, 1.807) is 6.07 Å². The van der Waals surface area contributed by atoms with Crippen molar-refractivity contribution in [1.82, 2.24) is 9.78 Å². The van der Waals surface area contributed by atoms with Crippen molar-refractivity contribution in [1.29, 1.82) is 0 Å². The standard InChI is InChI=1S/C13H20N4/c14-11-6-12(15)17(16-11)13-9-2-7-1-8(4-9)5-10(13)3-7/h6-10,13H,1-5,15H2,(H2,14,16). The molecule has 0 saturated heterocycles. The topological polar surface area (TPSA) is 69.9 Å². The first-order valence-corrected chi connectivity index (χ1v) is 6.81. The zero-order valence-electron chi connectivity index (χ0n) is 10.0. The van der Waals surface area contributed by atoms with Gasteiger partial charge in [0.05, 0.1) is 6.04 Å². The van der Waals surface area contributed by atoms with Gasteiger partial charge in [-0.2, -0.15) is 5.10 Å². The van der Waals surface area contributed by atoms with Gasteiger partial charge in [0.15, 0.2) is 0 Å². The zero-order valence-corrected chi connectivity index (χ0v) is 10.0. The van der Waals surface area contributed by atoms with Gasteiger partial charge in [-0.05, 0) is 55.8 Å². The maximum atomic E-state index is 6.04. The third-order valence-corrected chi connectivity index (χ3v) is 5.24. The molecular formula is C13H20N4. The second kappa shape index (κ2) is 3.18. The lowest BCUT2D eigenvalue weighted by Crippen LogP contribution is -2.46. The van der Waals surface area contributed by atoms with E-state index in [0.29, 0.717) is 11.9 Å². The molecule has 4 fully saturated rings. The second-order valence-electron chi connectivity index (χ2n) is 6.36. The average Bonchev–Trinajstić information content (AvgIpc) is 2.56. The van der Waals surface area contributed by atoms with Gasteiger partial charge in [0.2, 0.25) is 0 Å². The monoisotopic (exact) mass is 232 g/mol. The number of hydrogen-bond donors (Lipinski definition) is 2. The van der Waals surface area contributed by atoms with Crippen LogP contribution in [0.5, 0.6) is 0 Å². The molecule has 4 nitrogen and oxygen atoms in total. The fraction of sp³-hybridized carbons (Fsp3) is 0.769. The highest BCUT2D eigenvalue weighted by molar-refractivity contribution is 5.42. The lowest BCUT2D eigenvalue weighted by Gasteiger charge is -2.54. The molecule has 92 valence electrons. The minimum Gasteiger partial charge on any atom is -0.384 e. The number of anilines is 2. The number of aromatic nitrogens is 2. The van der Waals surface area contributed by atoms with Crippen LogP contribution in [0, 0.1) is 23.7 Å². The summed E-state index contributed by atoms with van der Waals surface area (Å²) in [7, 11) is 0. The molecule has 0 amide bonds. The third kappa shape index (κ3) is 1.33. The molecule has 4 saturated carbocycles. The molecule has 4 bridgehead atoms. The highest BCUT2D eigenvalue weighted by Crippen LogP contribution is 2.58. The molecule has 0 atom stereocenters. The summed E-state index contributed by atoms with van der Waals surface area (Å²) in [5.74, 6) is 4.89. The Bertz CT molecular complexity index is 422. The first-order valence-electron chi connectivity index (χ1n) is 6.81. The van der Waals surface area contributed by atoms with Crippen LogP contribution < -0.4 is 11.5 Å². The van der Waals surface area contributed by atoms with Gasteiger partial charge in [0, 0.05) is 6.07 Å². The van der Waals surface area contributed by atoms with Crippen molar-refractivity contribution >= 4 is 11.6 Å². The van der Waals surface area contributed by atoms with Gasteiger partial charge in [-0.3, -0.25) is 0 Å². The Morgan fingerprint density at radius 2 is 1.59 bits per heavy atom. The largest absolute Gasteiger partial charge is 0.384 e. The van der Waals surface area contributed by atoms with E-state index < -0.39 is 0 Å². The lowest BCUT2D eigenvalue weighted by molar-refractivity contribution is -0.0326. The molecule has 4 aliphatic rings. The molecule has 0 unspecified atom stereocenters. The van der Waals surface area contributed by atoms with E-state index in [1.165, 1.54) is 32.1 Å². The molecule has 1 aromatic heterocycles. The molecule has 17 heavy (non-hydrogen) atoms. The molecule has 0 spiro atoms. The van der Waals surface area contributed by atoms with Gasteiger partial charge in [0.25, 0.3) is 0 Å². The summed E-state index contributed by atoms with van der Waals surface area (Å²) < 4.78 is 2.03. The van der Waals surface area contributed by atoms with Gasteiger partial charge in [-0.25, -0.2) is 4.68 Å². The molecule has 1 heterocycles. The van der Waals surface area contributed by atoms with Crippen molar-refractivity contribution in [2.75, 3.05) is 11.5 Å².